The van der Waals surface area contributed by atoms with Crippen molar-refractivity contribution in [3.8, 4) is 51.5 Å². The monoisotopic (exact) mass is 947 g/mol. The van der Waals surface area contributed by atoms with Gasteiger partial charge in [-0.25, -0.2) is 19.9 Å². The third-order valence-corrected chi connectivity index (χ3v) is 10.5. The molecule has 0 fully saturated rings. The summed E-state index contributed by atoms with van der Waals surface area (Å²) in [5.74, 6) is 3.34. The van der Waals surface area contributed by atoms with Gasteiger partial charge in [0.05, 0.1) is 0 Å². The van der Waals surface area contributed by atoms with Gasteiger partial charge in [-0.1, -0.05) is 117 Å². The molecular formula is C50H38N7OPt-3. The van der Waals surface area contributed by atoms with Gasteiger partial charge in [0, 0.05) is 66.8 Å². The van der Waals surface area contributed by atoms with Crippen LogP contribution in [0.25, 0.3) is 61.8 Å². The van der Waals surface area contributed by atoms with Gasteiger partial charge in [0.25, 0.3) is 0 Å². The third kappa shape index (κ3) is 7.04. The zero-order valence-corrected chi connectivity index (χ0v) is 35.1. The number of para-hydroxylation sites is 3. The number of benzene rings is 6. The molecule has 4 heterocycles. The normalized spacial score (nSPS) is 12.5. The molecule has 8 nitrogen and oxygen atoms in total. The predicted octanol–water partition coefficient (Wildman–Crippen LogP) is 11.8. The molecule has 3 aromatic heterocycles. The van der Waals surface area contributed by atoms with Crippen LogP contribution in [0, 0.1) is 18.8 Å². The van der Waals surface area contributed by atoms with Crippen molar-refractivity contribution in [1.82, 2.24) is 24.5 Å². The van der Waals surface area contributed by atoms with E-state index in [-0.39, 0.29) is 26.5 Å². The fourth-order valence-corrected chi connectivity index (χ4v) is 7.54. The van der Waals surface area contributed by atoms with E-state index in [2.05, 4.69) is 109 Å². The van der Waals surface area contributed by atoms with Gasteiger partial charge in [0.15, 0.2) is 11.6 Å². The van der Waals surface area contributed by atoms with E-state index in [0.29, 0.717) is 34.5 Å². The van der Waals surface area contributed by atoms with Crippen molar-refractivity contribution < 1.29 is 25.8 Å². The maximum atomic E-state index is 6.94. The van der Waals surface area contributed by atoms with Crippen molar-refractivity contribution in [3.63, 3.8) is 0 Å². The molecule has 0 saturated heterocycles. The van der Waals surface area contributed by atoms with Crippen LogP contribution < -0.4 is 14.5 Å². The number of hydrogen-bond acceptors (Lipinski definition) is 7. The molecule has 1 aliphatic rings. The first-order chi connectivity index (χ1) is 28.3. The van der Waals surface area contributed by atoms with Crippen LogP contribution >= 0.6 is 0 Å². The Morgan fingerprint density at radius 3 is 1.98 bits per heavy atom. The Bertz CT molecular complexity index is 2920. The molecule has 9 heteroatoms. The van der Waals surface area contributed by atoms with Crippen LogP contribution in [0.4, 0.5) is 17.1 Å². The van der Waals surface area contributed by atoms with E-state index in [9.17, 15) is 0 Å². The molecule has 0 atom stereocenters. The molecule has 0 N–H and O–H groups in total. The van der Waals surface area contributed by atoms with E-state index >= 15 is 0 Å². The molecule has 0 radical (unpaired) electrons. The van der Waals surface area contributed by atoms with Gasteiger partial charge >= 0.3 is 0 Å². The quantitative estimate of drug-likeness (QED) is 0.147. The smallest absolute Gasteiger partial charge is 0.162 e. The summed E-state index contributed by atoms with van der Waals surface area (Å²) in [6.07, 6.45) is 1.88. The van der Waals surface area contributed by atoms with E-state index in [0.717, 1.165) is 55.8 Å². The summed E-state index contributed by atoms with van der Waals surface area (Å²) in [6, 6.07) is 56.2. The molecule has 0 saturated carbocycles. The molecule has 0 amide bonds. The standard InChI is InChI=1S/C50H38N7O.Pt/c1-50(2,3)35-26-27-51-46(28-35)57-41-23-12-11-22-38(41)39-30-40(49-53-47(33-16-7-5-8-17-33)52-48(54-49)34-18-9-6-10-19-34)45(31-44(39)57)58-37-21-15-20-36(29-37)56-32-55(4)42-24-13-14-25-43(42)56;/h5-28,30,32H,1-4H3;/q-3;. The first-order valence-electron chi connectivity index (χ1n) is 19.3. The molecule has 0 spiro atoms. The Balaban J connectivity index is 0.00000449. The van der Waals surface area contributed by atoms with Crippen LogP contribution in [0.1, 0.15) is 26.3 Å². The van der Waals surface area contributed by atoms with Crippen molar-refractivity contribution in [2.45, 2.75) is 26.2 Å². The summed E-state index contributed by atoms with van der Waals surface area (Å²) in [4.78, 5) is 24.4. The summed E-state index contributed by atoms with van der Waals surface area (Å²) >= 11 is 0. The Labute approximate surface area is 358 Å². The molecule has 292 valence electrons. The Morgan fingerprint density at radius 2 is 1.27 bits per heavy atom. The van der Waals surface area contributed by atoms with E-state index in [1.54, 1.807) is 0 Å². The predicted molar refractivity (Wildman–Crippen MR) is 232 cm³/mol. The molecule has 59 heavy (non-hydrogen) atoms. The topological polar surface area (TPSA) is 72.2 Å². The van der Waals surface area contributed by atoms with Gasteiger partial charge in [0.1, 0.15) is 11.6 Å². The molecular weight excluding hydrogens is 910 g/mol. The second-order valence-electron chi connectivity index (χ2n) is 15.4. The fraction of sp³-hybridized carbons (Fsp3) is 0.100. The summed E-state index contributed by atoms with van der Waals surface area (Å²) in [5.41, 5.74) is 8.37. The minimum Gasteiger partial charge on any atom is -0.508 e. The van der Waals surface area contributed by atoms with Gasteiger partial charge in [0.2, 0.25) is 0 Å². The van der Waals surface area contributed by atoms with Crippen LogP contribution in [0.3, 0.4) is 0 Å². The summed E-state index contributed by atoms with van der Waals surface area (Å²) in [6.45, 7) is 8.70. The molecule has 0 unspecified atom stereocenters. The number of fused-ring (bicyclic) bond motifs is 4. The van der Waals surface area contributed by atoms with Crippen LogP contribution in [0.2, 0.25) is 0 Å². The van der Waals surface area contributed by atoms with E-state index in [1.165, 1.54) is 5.56 Å². The summed E-state index contributed by atoms with van der Waals surface area (Å²) in [7, 11) is 2.04. The van der Waals surface area contributed by atoms with Crippen LogP contribution in [-0.4, -0.2) is 31.6 Å². The van der Waals surface area contributed by atoms with E-state index in [4.69, 9.17) is 24.7 Å². The number of ether oxygens (including phenoxy) is 1. The molecule has 6 aromatic carbocycles. The van der Waals surface area contributed by atoms with Gasteiger partial charge in [-0.2, -0.15) is 12.7 Å². The van der Waals surface area contributed by atoms with E-state index < -0.39 is 0 Å². The second kappa shape index (κ2) is 15.3. The summed E-state index contributed by atoms with van der Waals surface area (Å²) in [5, 5.41) is 2.01. The SMILES string of the molecule is CN1[CH-]N(c2[c-]c(Oc3[c-]c4c(cc3-c3nc(-c5ccccc5)nc(-c5ccccc5)n3)c3ccccc3n4-c3cc(C(C)(C)C)ccn3)ccc2)c2ccccc21.[Pt]. The summed E-state index contributed by atoms with van der Waals surface area (Å²) < 4.78 is 9.11. The fourth-order valence-electron chi connectivity index (χ4n) is 7.54. The largest absolute Gasteiger partial charge is 0.508 e. The molecule has 0 aliphatic carbocycles. The minimum absolute atomic E-state index is 0. The van der Waals surface area contributed by atoms with Crippen molar-refractivity contribution >= 4 is 38.9 Å². The molecule has 9 aromatic rings. The van der Waals surface area contributed by atoms with E-state index in [1.807, 2.05) is 104 Å². The number of anilines is 3. The van der Waals surface area contributed by atoms with Gasteiger partial charge in [-0.05, 0) is 59.3 Å². The Morgan fingerprint density at radius 1 is 0.627 bits per heavy atom. The average molecular weight is 948 g/mol. The minimum atomic E-state index is -0.0733. The number of hydrogen-bond donors (Lipinski definition) is 0. The number of rotatable bonds is 7. The molecule has 10 rings (SSSR count). The van der Waals surface area contributed by atoms with Crippen molar-refractivity contribution in [1.29, 1.82) is 0 Å². The maximum absolute atomic E-state index is 6.94. The van der Waals surface area contributed by atoms with Gasteiger partial charge in [-0.3, -0.25) is 0 Å². The van der Waals surface area contributed by atoms with Crippen LogP contribution in [0.15, 0.2) is 152 Å². The Hall–Kier alpha value is -6.63. The van der Waals surface area contributed by atoms with Gasteiger partial charge in [-0.15, -0.1) is 41.4 Å². The van der Waals surface area contributed by atoms with Crippen LogP contribution in [0.5, 0.6) is 11.5 Å². The second-order valence-corrected chi connectivity index (χ2v) is 15.4. The van der Waals surface area contributed by atoms with Crippen LogP contribution in [-0.2, 0) is 26.5 Å². The number of nitrogens with zero attached hydrogens (tertiary/aromatic N) is 7. The van der Waals surface area contributed by atoms with Crippen molar-refractivity contribution in [3.05, 3.63) is 176 Å². The first kappa shape index (κ1) is 37.9. The number of pyridine rings is 1. The zero-order valence-electron chi connectivity index (χ0n) is 32.9. The maximum Gasteiger partial charge on any atom is 0.162 e. The molecule has 0 bridgehead atoms. The third-order valence-electron chi connectivity index (χ3n) is 10.5. The van der Waals surface area contributed by atoms with Crippen molar-refractivity contribution in [2.24, 2.45) is 0 Å². The number of aromatic nitrogens is 5. The Kier molecular flexibility index (Phi) is 9.82. The van der Waals surface area contributed by atoms with Gasteiger partial charge < -0.3 is 19.1 Å². The average Bonchev–Trinajstić information content (AvgIpc) is 3.77. The van der Waals surface area contributed by atoms with Crippen molar-refractivity contribution in [2.75, 3.05) is 16.8 Å². The zero-order chi connectivity index (χ0) is 39.4. The first-order valence-corrected chi connectivity index (χ1v) is 19.3. The molecule has 1 aliphatic heterocycles.